The molecule has 0 radical (unpaired) electrons. The Morgan fingerprint density at radius 3 is 2.60 bits per heavy atom. The highest BCUT2D eigenvalue weighted by molar-refractivity contribution is 5.43. The molecule has 0 aromatic heterocycles. The SMILES string of the molecule is COc1ccc(C(N)CN2CCC(OC)C2)cc1OC. The van der Waals surface area contributed by atoms with E-state index in [-0.39, 0.29) is 6.04 Å². The van der Waals surface area contributed by atoms with E-state index in [0.717, 1.165) is 43.1 Å². The summed E-state index contributed by atoms with van der Waals surface area (Å²) in [7, 11) is 5.03. The Labute approximate surface area is 120 Å². The van der Waals surface area contributed by atoms with Crippen molar-refractivity contribution in [3.8, 4) is 11.5 Å². The van der Waals surface area contributed by atoms with Crippen molar-refractivity contribution in [3.63, 3.8) is 0 Å². The molecule has 1 fully saturated rings. The summed E-state index contributed by atoms with van der Waals surface area (Å²) in [4.78, 5) is 2.34. The molecule has 1 saturated heterocycles. The molecule has 1 aromatic rings. The number of nitrogens with zero attached hydrogens (tertiary/aromatic N) is 1. The lowest BCUT2D eigenvalue weighted by Gasteiger charge is -2.21. The van der Waals surface area contributed by atoms with Crippen LogP contribution in [-0.4, -0.2) is 52.0 Å². The Bertz CT molecular complexity index is 439. The summed E-state index contributed by atoms with van der Waals surface area (Å²) in [5, 5.41) is 0. The molecule has 20 heavy (non-hydrogen) atoms. The number of methoxy groups -OCH3 is 3. The van der Waals surface area contributed by atoms with Gasteiger partial charge in [-0.15, -0.1) is 0 Å². The van der Waals surface area contributed by atoms with Crippen molar-refractivity contribution >= 4 is 0 Å². The average Bonchev–Trinajstić information content (AvgIpc) is 2.94. The van der Waals surface area contributed by atoms with Crippen LogP contribution in [0.25, 0.3) is 0 Å². The number of nitrogens with two attached hydrogens (primary N) is 1. The Morgan fingerprint density at radius 2 is 2.00 bits per heavy atom. The van der Waals surface area contributed by atoms with Crippen molar-refractivity contribution in [1.29, 1.82) is 0 Å². The molecule has 1 aliphatic heterocycles. The van der Waals surface area contributed by atoms with Crippen molar-refractivity contribution in [2.45, 2.75) is 18.6 Å². The van der Waals surface area contributed by atoms with E-state index in [1.165, 1.54) is 0 Å². The van der Waals surface area contributed by atoms with Crippen molar-refractivity contribution in [3.05, 3.63) is 23.8 Å². The predicted molar refractivity (Wildman–Crippen MR) is 78.3 cm³/mol. The first-order chi connectivity index (χ1) is 9.67. The van der Waals surface area contributed by atoms with Crippen LogP contribution in [0.1, 0.15) is 18.0 Å². The van der Waals surface area contributed by atoms with Gasteiger partial charge < -0.3 is 19.9 Å². The van der Waals surface area contributed by atoms with Crippen molar-refractivity contribution in [2.75, 3.05) is 41.0 Å². The van der Waals surface area contributed by atoms with Gasteiger partial charge in [0, 0.05) is 32.8 Å². The van der Waals surface area contributed by atoms with E-state index >= 15 is 0 Å². The minimum atomic E-state index is -0.0367. The van der Waals surface area contributed by atoms with Gasteiger partial charge in [0.2, 0.25) is 0 Å². The second-order valence-electron chi connectivity index (χ2n) is 5.13. The molecule has 5 heteroatoms. The second-order valence-corrected chi connectivity index (χ2v) is 5.13. The number of hydrogen-bond donors (Lipinski definition) is 1. The molecule has 1 heterocycles. The van der Waals surface area contributed by atoms with Crippen LogP contribution in [0.3, 0.4) is 0 Å². The molecule has 2 N–H and O–H groups in total. The summed E-state index contributed by atoms with van der Waals surface area (Å²) < 4.78 is 15.9. The summed E-state index contributed by atoms with van der Waals surface area (Å²) in [6.07, 6.45) is 1.42. The molecule has 1 aromatic carbocycles. The molecule has 1 aliphatic rings. The molecule has 0 aliphatic carbocycles. The average molecular weight is 280 g/mol. The molecule has 0 saturated carbocycles. The topological polar surface area (TPSA) is 57.0 Å². The van der Waals surface area contributed by atoms with Crippen LogP contribution in [0.5, 0.6) is 11.5 Å². The zero-order valence-corrected chi connectivity index (χ0v) is 12.5. The lowest BCUT2D eigenvalue weighted by molar-refractivity contribution is 0.107. The second kappa shape index (κ2) is 6.92. The maximum atomic E-state index is 6.30. The van der Waals surface area contributed by atoms with Crippen LogP contribution in [-0.2, 0) is 4.74 Å². The highest BCUT2D eigenvalue weighted by atomic mass is 16.5. The molecule has 112 valence electrons. The summed E-state index contributed by atoms with van der Waals surface area (Å²) in [6.45, 7) is 2.83. The number of rotatable bonds is 6. The number of benzene rings is 1. The fraction of sp³-hybridized carbons (Fsp3) is 0.600. The molecule has 0 spiro atoms. The fourth-order valence-electron chi connectivity index (χ4n) is 2.62. The van der Waals surface area contributed by atoms with Crippen LogP contribution in [0.15, 0.2) is 18.2 Å². The van der Waals surface area contributed by atoms with Gasteiger partial charge in [0.1, 0.15) is 0 Å². The zero-order valence-electron chi connectivity index (χ0n) is 12.5. The lowest BCUT2D eigenvalue weighted by atomic mass is 10.1. The smallest absolute Gasteiger partial charge is 0.161 e. The van der Waals surface area contributed by atoms with Crippen molar-refractivity contribution in [2.24, 2.45) is 5.73 Å². The highest BCUT2D eigenvalue weighted by Gasteiger charge is 2.24. The monoisotopic (exact) mass is 280 g/mol. The van der Waals surface area contributed by atoms with Gasteiger partial charge in [-0.2, -0.15) is 0 Å². The van der Waals surface area contributed by atoms with Gasteiger partial charge >= 0.3 is 0 Å². The first kappa shape index (κ1) is 15.1. The molecule has 2 atom stereocenters. The minimum absolute atomic E-state index is 0.0367. The lowest BCUT2D eigenvalue weighted by Crippen LogP contribution is -2.31. The third-order valence-corrected chi connectivity index (χ3v) is 3.85. The first-order valence-corrected chi connectivity index (χ1v) is 6.90. The standard InChI is InChI=1S/C15H24N2O3/c1-18-12-6-7-17(9-12)10-13(16)11-4-5-14(19-2)15(8-11)20-3/h4-5,8,12-13H,6-7,9-10,16H2,1-3H3. The maximum absolute atomic E-state index is 6.30. The quantitative estimate of drug-likeness (QED) is 0.854. The van der Waals surface area contributed by atoms with Crippen molar-refractivity contribution < 1.29 is 14.2 Å². The maximum Gasteiger partial charge on any atom is 0.161 e. The number of likely N-dealkylation sites (tertiary alicyclic amines) is 1. The van der Waals surface area contributed by atoms with Crippen LogP contribution >= 0.6 is 0 Å². The van der Waals surface area contributed by atoms with E-state index in [9.17, 15) is 0 Å². The van der Waals surface area contributed by atoms with Gasteiger partial charge in [-0.25, -0.2) is 0 Å². The Morgan fingerprint density at radius 1 is 1.25 bits per heavy atom. The van der Waals surface area contributed by atoms with E-state index in [1.807, 2.05) is 18.2 Å². The summed E-state index contributed by atoms with van der Waals surface area (Å²) >= 11 is 0. The van der Waals surface area contributed by atoms with Crippen LogP contribution in [0, 0.1) is 0 Å². The third kappa shape index (κ3) is 3.42. The molecule has 2 unspecified atom stereocenters. The third-order valence-electron chi connectivity index (χ3n) is 3.85. The molecule has 0 amide bonds. The van der Waals surface area contributed by atoms with E-state index in [4.69, 9.17) is 19.9 Å². The number of hydrogen-bond acceptors (Lipinski definition) is 5. The van der Waals surface area contributed by atoms with E-state index in [0.29, 0.717) is 6.10 Å². The van der Waals surface area contributed by atoms with E-state index in [2.05, 4.69) is 4.90 Å². The first-order valence-electron chi connectivity index (χ1n) is 6.90. The van der Waals surface area contributed by atoms with Gasteiger partial charge in [-0.1, -0.05) is 6.07 Å². The fourth-order valence-corrected chi connectivity index (χ4v) is 2.62. The Hall–Kier alpha value is -1.30. The van der Waals surface area contributed by atoms with Crippen LogP contribution in [0.4, 0.5) is 0 Å². The zero-order chi connectivity index (χ0) is 14.5. The van der Waals surface area contributed by atoms with Crippen molar-refractivity contribution in [1.82, 2.24) is 4.90 Å². The highest BCUT2D eigenvalue weighted by Crippen LogP contribution is 2.29. The Balaban J connectivity index is 2.00. The van der Waals surface area contributed by atoms with Gasteiger partial charge in [-0.05, 0) is 24.1 Å². The van der Waals surface area contributed by atoms with Gasteiger partial charge in [0.05, 0.1) is 20.3 Å². The van der Waals surface area contributed by atoms with Gasteiger partial charge in [0.15, 0.2) is 11.5 Å². The molecule has 5 nitrogen and oxygen atoms in total. The largest absolute Gasteiger partial charge is 0.493 e. The summed E-state index contributed by atoms with van der Waals surface area (Å²) in [5.74, 6) is 1.45. The Kier molecular flexibility index (Phi) is 5.23. The molecular weight excluding hydrogens is 256 g/mol. The minimum Gasteiger partial charge on any atom is -0.493 e. The summed E-state index contributed by atoms with van der Waals surface area (Å²) in [5.41, 5.74) is 7.36. The molecule has 0 bridgehead atoms. The van der Waals surface area contributed by atoms with Gasteiger partial charge in [0.25, 0.3) is 0 Å². The van der Waals surface area contributed by atoms with Crippen LogP contribution < -0.4 is 15.2 Å². The molecule has 2 rings (SSSR count). The number of ether oxygens (including phenoxy) is 3. The van der Waals surface area contributed by atoms with Crippen LogP contribution in [0.2, 0.25) is 0 Å². The van der Waals surface area contributed by atoms with Gasteiger partial charge in [-0.3, -0.25) is 4.90 Å². The predicted octanol–water partition coefficient (Wildman–Crippen LogP) is 1.42. The molecular formula is C15H24N2O3. The van der Waals surface area contributed by atoms with E-state index in [1.54, 1.807) is 21.3 Å². The van der Waals surface area contributed by atoms with E-state index < -0.39 is 0 Å². The summed E-state index contributed by atoms with van der Waals surface area (Å²) in [6, 6.07) is 5.81. The normalized spacial score (nSPS) is 20.9.